The van der Waals surface area contributed by atoms with E-state index in [-0.39, 0.29) is 22.3 Å². The fourth-order valence-corrected chi connectivity index (χ4v) is 4.68. The first kappa shape index (κ1) is 21.8. The number of nitrogens with zero attached hydrogens (tertiary/aromatic N) is 2. The molecule has 2 fully saturated rings. The summed E-state index contributed by atoms with van der Waals surface area (Å²) in [5.74, 6) is -0.652. The zero-order valence-corrected chi connectivity index (χ0v) is 18.2. The molecule has 2 amide bonds. The number of carbonyl (C=O) groups excluding carboxylic acids is 2. The first-order chi connectivity index (χ1) is 15.0. The Bertz CT molecular complexity index is 941. The largest absolute Gasteiger partial charge is 0.354 e. The molecule has 0 bridgehead atoms. The minimum atomic E-state index is -0.465. The lowest BCUT2D eigenvalue weighted by atomic mass is 9.64. The third kappa shape index (κ3) is 4.91. The van der Waals surface area contributed by atoms with Crippen LogP contribution in [0.5, 0.6) is 0 Å². The maximum atomic E-state index is 13.2. The summed E-state index contributed by atoms with van der Waals surface area (Å²) in [5, 5.41) is 3.25. The zero-order chi connectivity index (χ0) is 21.8. The number of hydrogen-bond acceptors (Lipinski definition) is 3. The van der Waals surface area contributed by atoms with Crippen LogP contribution < -0.4 is 5.32 Å². The van der Waals surface area contributed by atoms with Gasteiger partial charge in [-0.25, -0.2) is 4.39 Å². The van der Waals surface area contributed by atoms with Crippen LogP contribution in [0.1, 0.15) is 35.2 Å². The Morgan fingerprint density at radius 2 is 1.74 bits per heavy atom. The van der Waals surface area contributed by atoms with Crippen molar-refractivity contribution >= 4 is 23.4 Å². The second-order valence-corrected chi connectivity index (χ2v) is 8.88. The maximum absolute atomic E-state index is 13.2. The first-order valence-corrected chi connectivity index (χ1v) is 11.1. The molecule has 31 heavy (non-hydrogen) atoms. The highest BCUT2D eigenvalue weighted by Crippen LogP contribution is 2.43. The van der Waals surface area contributed by atoms with Crippen LogP contribution in [-0.2, 0) is 10.2 Å². The smallest absolute Gasteiger partial charge is 0.255 e. The predicted octanol–water partition coefficient (Wildman–Crippen LogP) is 3.48. The molecule has 0 atom stereocenters. The molecule has 1 aliphatic heterocycles. The van der Waals surface area contributed by atoms with Crippen molar-refractivity contribution in [3.8, 4) is 0 Å². The summed E-state index contributed by atoms with van der Waals surface area (Å²) >= 11 is 6.02. The minimum absolute atomic E-state index is 0.0172. The topological polar surface area (TPSA) is 52.7 Å². The standard InChI is InChI=1S/C24H27ClFN3O2/c25-21-15-19(26)7-8-20(21)23(31)29-13-11-28(12-14-29)16-22(30)27-17-24(9-4-10-24)18-5-2-1-3-6-18/h1-3,5-8,15H,4,9-14,16-17H2,(H,27,30). The summed E-state index contributed by atoms with van der Waals surface area (Å²) in [6.45, 7) is 3.23. The predicted molar refractivity (Wildman–Crippen MR) is 119 cm³/mol. The van der Waals surface area contributed by atoms with Crippen molar-refractivity contribution in [2.45, 2.75) is 24.7 Å². The second kappa shape index (κ2) is 9.37. The van der Waals surface area contributed by atoms with Crippen LogP contribution in [-0.4, -0.2) is 60.9 Å². The summed E-state index contributed by atoms with van der Waals surface area (Å²) in [7, 11) is 0. The van der Waals surface area contributed by atoms with Crippen LogP contribution in [0.2, 0.25) is 5.02 Å². The molecule has 4 rings (SSSR count). The van der Waals surface area contributed by atoms with Crippen molar-refractivity contribution in [2.75, 3.05) is 39.3 Å². The van der Waals surface area contributed by atoms with E-state index in [0.29, 0.717) is 44.8 Å². The average molecular weight is 444 g/mol. The summed E-state index contributed by atoms with van der Waals surface area (Å²) in [6, 6.07) is 14.2. The molecule has 2 aromatic rings. The van der Waals surface area contributed by atoms with Gasteiger partial charge in [-0.3, -0.25) is 14.5 Å². The van der Waals surface area contributed by atoms with Gasteiger partial charge in [0.25, 0.3) is 5.91 Å². The summed E-state index contributed by atoms with van der Waals surface area (Å²) in [4.78, 5) is 29.0. The fraction of sp³-hybridized carbons (Fsp3) is 0.417. The third-order valence-corrected chi connectivity index (χ3v) is 6.82. The van der Waals surface area contributed by atoms with Crippen molar-refractivity contribution in [2.24, 2.45) is 0 Å². The molecule has 0 unspecified atom stereocenters. The van der Waals surface area contributed by atoms with Gasteiger partial charge in [0, 0.05) is 38.1 Å². The Morgan fingerprint density at radius 1 is 1.03 bits per heavy atom. The van der Waals surface area contributed by atoms with Crippen molar-refractivity contribution < 1.29 is 14.0 Å². The van der Waals surface area contributed by atoms with Gasteiger partial charge in [0.15, 0.2) is 0 Å². The van der Waals surface area contributed by atoms with E-state index >= 15 is 0 Å². The Morgan fingerprint density at radius 3 is 2.35 bits per heavy atom. The van der Waals surface area contributed by atoms with Crippen LogP contribution in [0.3, 0.4) is 0 Å². The lowest BCUT2D eigenvalue weighted by Gasteiger charge is -2.43. The Hall–Kier alpha value is -2.44. The van der Waals surface area contributed by atoms with Crippen molar-refractivity contribution in [3.63, 3.8) is 0 Å². The van der Waals surface area contributed by atoms with Gasteiger partial charge in [-0.15, -0.1) is 0 Å². The molecule has 5 nitrogen and oxygen atoms in total. The Kier molecular flexibility index (Phi) is 6.58. The first-order valence-electron chi connectivity index (χ1n) is 10.8. The molecule has 2 aromatic carbocycles. The Balaban J connectivity index is 1.25. The van der Waals surface area contributed by atoms with Crippen molar-refractivity contribution in [3.05, 3.63) is 70.5 Å². The highest BCUT2D eigenvalue weighted by Gasteiger charge is 2.38. The molecule has 1 heterocycles. The van der Waals surface area contributed by atoms with Gasteiger partial charge in [0.05, 0.1) is 17.1 Å². The van der Waals surface area contributed by atoms with Crippen LogP contribution in [0, 0.1) is 5.82 Å². The molecule has 164 valence electrons. The highest BCUT2D eigenvalue weighted by molar-refractivity contribution is 6.33. The van der Waals surface area contributed by atoms with Crippen LogP contribution in [0.15, 0.2) is 48.5 Å². The Labute approximate surface area is 187 Å². The average Bonchev–Trinajstić information content (AvgIpc) is 2.74. The number of nitrogens with one attached hydrogen (secondary N) is 1. The molecule has 1 aliphatic carbocycles. The summed E-state index contributed by atoms with van der Waals surface area (Å²) in [6.07, 6.45) is 3.40. The van der Waals surface area contributed by atoms with Gasteiger partial charge in [0.1, 0.15) is 5.82 Å². The van der Waals surface area contributed by atoms with E-state index in [1.54, 1.807) is 4.90 Å². The number of rotatable bonds is 6. The third-order valence-electron chi connectivity index (χ3n) is 6.51. The van der Waals surface area contributed by atoms with Gasteiger partial charge >= 0.3 is 0 Å². The summed E-state index contributed by atoms with van der Waals surface area (Å²) in [5.41, 5.74) is 1.67. The van der Waals surface area contributed by atoms with Crippen molar-refractivity contribution in [1.82, 2.24) is 15.1 Å². The van der Waals surface area contributed by atoms with Gasteiger partial charge in [-0.05, 0) is 36.6 Å². The number of benzene rings is 2. The van der Waals surface area contributed by atoms with E-state index in [2.05, 4.69) is 34.5 Å². The fourth-order valence-electron chi connectivity index (χ4n) is 4.43. The monoisotopic (exact) mass is 443 g/mol. The summed E-state index contributed by atoms with van der Waals surface area (Å²) < 4.78 is 13.2. The van der Waals surface area contributed by atoms with Gasteiger partial charge < -0.3 is 10.2 Å². The van der Waals surface area contributed by atoms with E-state index < -0.39 is 5.82 Å². The number of halogens is 2. The number of carbonyl (C=O) groups is 2. The number of hydrogen-bond donors (Lipinski definition) is 1. The lowest BCUT2D eigenvalue weighted by molar-refractivity contribution is -0.123. The molecule has 2 aliphatic rings. The van der Waals surface area contributed by atoms with E-state index in [9.17, 15) is 14.0 Å². The van der Waals surface area contributed by atoms with E-state index in [4.69, 9.17) is 11.6 Å². The van der Waals surface area contributed by atoms with Gasteiger partial charge in [0.2, 0.25) is 5.91 Å². The quantitative estimate of drug-likeness (QED) is 0.743. The van der Waals surface area contributed by atoms with Crippen LogP contribution in [0.4, 0.5) is 4.39 Å². The molecular formula is C24H27ClFN3O2. The molecule has 0 radical (unpaired) electrons. The molecule has 1 saturated carbocycles. The lowest BCUT2D eigenvalue weighted by Crippen LogP contribution is -2.52. The minimum Gasteiger partial charge on any atom is -0.354 e. The highest BCUT2D eigenvalue weighted by atomic mass is 35.5. The van der Waals surface area contributed by atoms with E-state index in [1.807, 2.05) is 6.07 Å². The second-order valence-electron chi connectivity index (χ2n) is 8.47. The molecule has 0 spiro atoms. The van der Waals surface area contributed by atoms with Gasteiger partial charge in [-0.1, -0.05) is 48.4 Å². The number of amides is 2. The molecule has 7 heteroatoms. The van der Waals surface area contributed by atoms with Crippen molar-refractivity contribution in [1.29, 1.82) is 0 Å². The maximum Gasteiger partial charge on any atom is 0.255 e. The molecule has 0 aromatic heterocycles. The number of piperazine rings is 1. The van der Waals surface area contributed by atoms with E-state index in [0.717, 1.165) is 18.9 Å². The van der Waals surface area contributed by atoms with E-state index in [1.165, 1.54) is 24.1 Å². The molecule has 1 N–H and O–H groups in total. The normalized spacial score (nSPS) is 18.3. The van der Waals surface area contributed by atoms with Gasteiger partial charge in [-0.2, -0.15) is 0 Å². The molecular weight excluding hydrogens is 417 g/mol. The van der Waals surface area contributed by atoms with Crippen LogP contribution >= 0.6 is 11.6 Å². The van der Waals surface area contributed by atoms with Crippen LogP contribution in [0.25, 0.3) is 0 Å². The SMILES string of the molecule is O=C(CN1CCN(C(=O)c2ccc(F)cc2Cl)CC1)NCC1(c2ccccc2)CCC1. The molecule has 1 saturated heterocycles. The zero-order valence-electron chi connectivity index (χ0n) is 17.4.